The van der Waals surface area contributed by atoms with E-state index in [0.717, 1.165) is 16.9 Å². The molecule has 0 heterocycles. The van der Waals surface area contributed by atoms with E-state index >= 15 is 0 Å². The second-order valence-corrected chi connectivity index (χ2v) is 4.72. The molecule has 0 fully saturated rings. The third-order valence-electron chi connectivity index (χ3n) is 2.41. The number of benzene rings is 1. The van der Waals surface area contributed by atoms with Crippen LogP contribution in [0.15, 0.2) is 18.2 Å². The summed E-state index contributed by atoms with van der Waals surface area (Å²) in [6.07, 6.45) is 0. The fourth-order valence-electron chi connectivity index (χ4n) is 1.51. The Hall–Kier alpha value is -1.31. The maximum atomic E-state index is 11.3. The summed E-state index contributed by atoms with van der Waals surface area (Å²) < 4.78 is 5.30. The van der Waals surface area contributed by atoms with E-state index in [0.29, 0.717) is 0 Å². The summed E-state index contributed by atoms with van der Waals surface area (Å²) in [6, 6.07) is 5.58. The van der Waals surface area contributed by atoms with Gasteiger partial charge in [-0.2, -0.15) is 0 Å². The average Bonchev–Trinajstić information content (AvgIpc) is 2.15. The van der Waals surface area contributed by atoms with E-state index in [1.165, 1.54) is 0 Å². The largest absolute Gasteiger partial charge is 0.496 e. The Morgan fingerprint density at radius 2 is 1.87 bits per heavy atom. The highest BCUT2D eigenvalue weighted by atomic mass is 16.5. The predicted molar refractivity (Wildman–Crippen MR) is 61.7 cm³/mol. The number of carbonyl (C=O) groups is 1. The smallest absolute Gasteiger partial charge is 0.159 e. The van der Waals surface area contributed by atoms with Crippen molar-refractivity contribution in [2.24, 2.45) is 0 Å². The standard InChI is InChI=1S/C13H18O2/c1-9(14)10-6-7-12(15-5)11(8-10)13(2,3)4/h6-8H,1-5H3. The monoisotopic (exact) mass is 206 g/mol. The van der Waals surface area contributed by atoms with Gasteiger partial charge in [0.05, 0.1) is 7.11 Å². The minimum Gasteiger partial charge on any atom is -0.496 e. The molecule has 0 radical (unpaired) electrons. The molecule has 0 spiro atoms. The van der Waals surface area contributed by atoms with E-state index in [1.54, 1.807) is 20.1 Å². The second-order valence-electron chi connectivity index (χ2n) is 4.72. The first-order chi connectivity index (χ1) is 6.86. The summed E-state index contributed by atoms with van der Waals surface area (Å²) in [5.41, 5.74) is 1.79. The molecule has 0 aliphatic rings. The van der Waals surface area contributed by atoms with E-state index in [9.17, 15) is 4.79 Å². The number of ketones is 1. The van der Waals surface area contributed by atoms with Gasteiger partial charge in [-0.1, -0.05) is 20.8 Å². The normalized spacial score (nSPS) is 11.3. The minimum absolute atomic E-state index is 0.0171. The van der Waals surface area contributed by atoms with Crippen LogP contribution in [0.2, 0.25) is 0 Å². The number of hydrogen-bond donors (Lipinski definition) is 0. The van der Waals surface area contributed by atoms with Crippen molar-refractivity contribution in [3.8, 4) is 5.75 Å². The first-order valence-corrected chi connectivity index (χ1v) is 5.05. The van der Waals surface area contributed by atoms with Crippen LogP contribution in [-0.4, -0.2) is 12.9 Å². The number of carbonyl (C=O) groups excluding carboxylic acids is 1. The van der Waals surface area contributed by atoms with Crippen LogP contribution in [0.5, 0.6) is 5.75 Å². The molecule has 2 nitrogen and oxygen atoms in total. The molecule has 0 unspecified atom stereocenters. The van der Waals surface area contributed by atoms with Crippen LogP contribution in [0.1, 0.15) is 43.6 Å². The van der Waals surface area contributed by atoms with Gasteiger partial charge in [-0.15, -0.1) is 0 Å². The molecule has 1 aromatic rings. The highest BCUT2D eigenvalue weighted by Crippen LogP contribution is 2.31. The van der Waals surface area contributed by atoms with Gasteiger partial charge in [0, 0.05) is 11.1 Å². The topological polar surface area (TPSA) is 26.3 Å². The second kappa shape index (κ2) is 4.05. The minimum atomic E-state index is -0.0171. The van der Waals surface area contributed by atoms with Gasteiger partial charge in [0.2, 0.25) is 0 Å². The number of ether oxygens (including phenoxy) is 1. The molecule has 2 heteroatoms. The van der Waals surface area contributed by atoms with Crippen molar-refractivity contribution in [2.75, 3.05) is 7.11 Å². The zero-order valence-electron chi connectivity index (χ0n) is 10.0. The molecule has 1 rings (SSSR count). The van der Waals surface area contributed by atoms with Crippen molar-refractivity contribution in [3.05, 3.63) is 29.3 Å². The molecule has 0 saturated carbocycles. The van der Waals surface area contributed by atoms with Crippen LogP contribution in [0.25, 0.3) is 0 Å². The molecule has 0 aliphatic carbocycles. The third-order valence-corrected chi connectivity index (χ3v) is 2.41. The molecule has 0 aromatic heterocycles. The first kappa shape index (κ1) is 11.8. The Balaban J connectivity index is 3.32. The summed E-state index contributed by atoms with van der Waals surface area (Å²) in [6.45, 7) is 7.90. The molecule has 0 aliphatic heterocycles. The van der Waals surface area contributed by atoms with Crippen molar-refractivity contribution in [2.45, 2.75) is 33.1 Å². The van der Waals surface area contributed by atoms with Gasteiger partial charge in [0.25, 0.3) is 0 Å². The molecule has 15 heavy (non-hydrogen) atoms. The molecule has 0 saturated heterocycles. The summed E-state index contributed by atoms with van der Waals surface area (Å²) in [5, 5.41) is 0. The number of rotatable bonds is 2. The SMILES string of the molecule is COc1ccc(C(C)=O)cc1C(C)(C)C. The lowest BCUT2D eigenvalue weighted by Crippen LogP contribution is -2.13. The Morgan fingerprint density at radius 3 is 2.27 bits per heavy atom. The van der Waals surface area contributed by atoms with Gasteiger partial charge in [0.15, 0.2) is 5.78 Å². The van der Waals surface area contributed by atoms with Crippen LogP contribution in [-0.2, 0) is 5.41 Å². The summed E-state index contributed by atoms with van der Waals surface area (Å²) in [7, 11) is 1.65. The summed E-state index contributed by atoms with van der Waals surface area (Å²) >= 11 is 0. The van der Waals surface area contributed by atoms with Gasteiger partial charge in [0.1, 0.15) is 5.75 Å². The lowest BCUT2D eigenvalue weighted by Gasteiger charge is -2.22. The predicted octanol–water partition coefficient (Wildman–Crippen LogP) is 3.20. The average molecular weight is 206 g/mol. The van der Waals surface area contributed by atoms with Crippen molar-refractivity contribution < 1.29 is 9.53 Å². The van der Waals surface area contributed by atoms with Crippen LogP contribution >= 0.6 is 0 Å². The number of Topliss-reactive ketones (excluding diaryl/α,β-unsaturated/α-hetero) is 1. The summed E-state index contributed by atoms with van der Waals surface area (Å²) in [4.78, 5) is 11.3. The van der Waals surface area contributed by atoms with E-state index in [1.807, 2.05) is 12.1 Å². The van der Waals surface area contributed by atoms with Crippen LogP contribution in [0, 0.1) is 0 Å². The van der Waals surface area contributed by atoms with Gasteiger partial charge in [-0.25, -0.2) is 0 Å². The zero-order chi connectivity index (χ0) is 11.6. The summed E-state index contributed by atoms with van der Waals surface area (Å²) in [5.74, 6) is 0.927. The van der Waals surface area contributed by atoms with Gasteiger partial charge in [-0.05, 0) is 30.5 Å². The van der Waals surface area contributed by atoms with Gasteiger partial charge >= 0.3 is 0 Å². The van der Waals surface area contributed by atoms with Gasteiger partial charge < -0.3 is 4.74 Å². The van der Waals surface area contributed by atoms with Crippen LogP contribution in [0.3, 0.4) is 0 Å². The van der Waals surface area contributed by atoms with Gasteiger partial charge in [-0.3, -0.25) is 4.79 Å². The number of methoxy groups -OCH3 is 1. The lowest BCUT2D eigenvalue weighted by atomic mass is 9.85. The Bertz CT molecular complexity index is 373. The van der Waals surface area contributed by atoms with E-state index in [4.69, 9.17) is 4.74 Å². The highest BCUT2D eigenvalue weighted by molar-refractivity contribution is 5.94. The van der Waals surface area contributed by atoms with E-state index < -0.39 is 0 Å². The number of hydrogen-bond acceptors (Lipinski definition) is 2. The molecule has 0 bridgehead atoms. The maximum Gasteiger partial charge on any atom is 0.159 e. The molecular formula is C13H18O2. The fourth-order valence-corrected chi connectivity index (χ4v) is 1.51. The first-order valence-electron chi connectivity index (χ1n) is 5.05. The molecule has 0 amide bonds. The van der Waals surface area contributed by atoms with E-state index in [2.05, 4.69) is 20.8 Å². The Morgan fingerprint density at radius 1 is 1.27 bits per heavy atom. The Labute approximate surface area is 91.3 Å². The van der Waals surface area contributed by atoms with Crippen molar-refractivity contribution in [1.82, 2.24) is 0 Å². The van der Waals surface area contributed by atoms with Crippen molar-refractivity contribution in [1.29, 1.82) is 0 Å². The van der Waals surface area contributed by atoms with E-state index in [-0.39, 0.29) is 11.2 Å². The van der Waals surface area contributed by atoms with Crippen LogP contribution < -0.4 is 4.74 Å². The highest BCUT2D eigenvalue weighted by Gasteiger charge is 2.19. The fraction of sp³-hybridized carbons (Fsp3) is 0.462. The van der Waals surface area contributed by atoms with Crippen molar-refractivity contribution in [3.63, 3.8) is 0 Å². The Kier molecular flexibility index (Phi) is 3.18. The van der Waals surface area contributed by atoms with Crippen LogP contribution in [0.4, 0.5) is 0 Å². The molecule has 82 valence electrons. The zero-order valence-corrected chi connectivity index (χ0v) is 10.0. The maximum absolute atomic E-state index is 11.3. The molecular weight excluding hydrogens is 188 g/mol. The molecule has 1 aromatic carbocycles. The quantitative estimate of drug-likeness (QED) is 0.694. The molecule has 0 N–H and O–H groups in total. The van der Waals surface area contributed by atoms with Crippen molar-refractivity contribution >= 4 is 5.78 Å². The lowest BCUT2D eigenvalue weighted by molar-refractivity contribution is 0.101. The molecule has 0 atom stereocenters. The third kappa shape index (κ3) is 2.58.